The fourth-order valence-electron chi connectivity index (χ4n) is 7.56. The number of aromatic nitrogens is 2. The Balaban J connectivity index is 0.00000374. The van der Waals surface area contributed by atoms with Crippen molar-refractivity contribution in [2.45, 2.75) is 0 Å². The van der Waals surface area contributed by atoms with Gasteiger partial charge in [0.2, 0.25) is 5.69 Å². The average Bonchev–Trinajstić information content (AvgIpc) is 3.69. The molecule has 0 aliphatic rings. The minimum atomic E-state index is 0. The van der Waals surface area contributed by atoms with Crippen molar-refractivity contribution in [3.8, 4) is 45.8 Å². The van der Waals surface area contributed by atoms with E-state index in [1.807, 2.05) is 84.9 Å². The van der Waals surface area contributed by atoms with Gasteiger partial charge in [-0.3, -0.25) is 0 Å². The number of para-hydroxylation sites is 5. The Morgan fingerprint density at radius 1 is 0.510 bits per heavy atom. The maximum atomic E-state index is 10.9. The molecule has 7 aromatic carbocycles. The van der Waals surface area contributed by atoms with E-state index < -0.39 is 0 Å². The summed E-state index contributed by atoms with van der Waals surface area (Å²) >= 11 is 0. The van der Waals surface area contributed by atoms with Crippen LogP contribution >= 0.6 is 0 Å². The second-order valence-corrected chi connectivity index (χ2v) is 12.2. The third kappa shape index (κ3) is 4.62. The Kier molecular flexibility index (Phi) is 7.46. The van der Waals surface area contributed by atoms with E-state index in [1.165, 1.54) is 0 Å². The molecule has 0 fully saturated rings. The van der Waals surface area contributed by atoms with E-state index in [-0.39, 0.29) is 8.41 Å². The number of nitrogens with zero attached hydrogens (tertiary/aromatic N) is 5. The molecule has 0 spiro atoms. The highest BCUT2D eigenvalue weighted by Gasteiger charge is 2.23. The summed E-state index contributed by atoms with van der Waals surface area (Å²) in [5.41, 5.74) is 9.85. The molecule has 0 saturated heterocycles. The molecule has 0 unspecified atom stereocenters. The summed E-state index contributed by atoms with van der Waals surface area (Å²) in [6, 6.07) is 55.3. The van der Waals surface area contributed by atoms with Crippen LogP contribution in [0.2, 0.25) is 0 Å². The van der Waals surface area contributed by atoms with Gasteiger partial charge >= 0.3 is 0 Å². The number of rotatable bonds is 4. The number of benzene rings is 7. The lowest BCUT2D eigenvalue weighted by atomic mass is 9.87. The van der Waals surface area contributed by atoms with Gasteiger partial charge in [0, 0.05) is 46.8 Å². The predicted octanol–water partition coefficient (Wildman–Crippen LogP) is 11.1. The first-order valence-corrected chi connectivity index (χ1v) is 16.3. The van der Waals surface area contributed by atoms with Gasteiger partial charge in [0.1, 0.15) is 6.07 Å². The molecule has 0 aliphatic carbocycles. The molecule has 9 rings (SSSR count). The van der Waals surface area contributed by atoms with Gasteiger partial charge < -0.3 is 9.13 Å². The number of fused-ring (bicyclic) bond motifs is 6. The summed E-state index contributed by atoms with van der Waals surface area (Å²) in [5.74, 6) is 0. The summed E-state index contributed by atoms with van der Waals surface area (Å²) in [6.45, 7) is 8.21. The molecule has 2 aromatic heterocycles. The van der Waals surface area contributed by atoms with Crippen LogP contribution in [0.5, 0.6) is 0 Å². The summed E-state index contributed by atoms with van der Waals surface area (Å²) < 4.78 is 4.38. The fourth-order valence-corrected chi connectivity index (χ4v) is 7.56. The zero-order valence-corrected chi connectivity index (χ0v) is 27.2. The van der Waals surface area contributed by atoms with Crippen LogP contribution in [0.3, 0.4) is 0 Å². The summed E-state index contributed by atoms with van der Waals surface area (Å²) in [6.07, 6.45) is 0. The molecular formula is C45H25BN5. The van der Waals surface area contributed by atoms with Crippen molar-refractivity contribution in [1.82, 2.24) is 9.13 Å². The minimum absolute atomic E-state index is 0. The quantitative estimate of drug-likeness (QED) is 0.141. The van der Waals surface area contributed by atoms with Gasteiger partial charge in [0.25, 0.3) is 0 Å². The standard InChI is InChI=1S/C45H25N5.B/c1-48-39-18-11-17-36(45(39)50-41-20-9-5-14-33(41)34-15-6-10-21-42(34)50)32-24-22-30(27-46)44(38(32)28-47)29-23-25-43-37(26-29)35-16-7-8-19-40(35)49(43)31-12-3-2-4-13-31;/h2-26H;. The molecule has 3 radical (unpaired) electrons. The molecule has 0 aliphatic heterocycles. The average molecular weight is 647 g/mol. The molecule has 6 heteroatoms. The van der Waals surface area contributed by atoms with E-state index in [4.69, 9.17) is 6.57 Å². The van der Waals surface area contributed by atoms with Gasteiger partial charge in [-0.2, -0.15) is 10.5 Å². The Morgan fingerprint density at radius 2 is 1.10 bits per heavy atom. The zero-order valence-electron chi connectivity index (χ0n) is 27.2. The molecule has 0 N–H and O–H groups in total. The largest absolute Gasteiger partial charge is 0.318 e. The van der Waals surface area contributed by atoms with Crippen LogP contribution in [0, 0.1) is 29.2 Å². The Labute approximate surface area is 296 Å². The Morgan fingerprint density at radius 3 is 1.73 bits per heavy atom. The normalized spacial score (nSPS) is 10.9. The first-order valence-electron chi connectivity index (χ1n) is 16.3. The van der Waals surface area contributed by atoms with Gasteiger partial charge in [-0.1, -0.05) is 103 Å². The van der Waals surface area contributed by atoms with E-state index in [0.29, 0.717) is 33.6 Å². The van der Waals surface area contributed by atoms with Crippen LogP contribution in [0.4, 0.5) is 5.69 Å². The van der Waals surface area contributed by atoms with Crippen molar-refractivity contribution in [3.05, 3.63) is 174 Å². The third-order valence-corrected chi connectivity index (χ3v) is 9.64. The van der Waals surface area contributed by atoms with Crippen LogP contribution in [0.1, 0.15) is 11.1 Å². The van der Waals surface area contributed by atoms with Gasteiger partial charge in [0.05, 0.1) is 51.5 Å². The molecule has 9 aromatic rings. The second-order valence-electron chi connectivity index (χ2n) is 12.2. The molecule has 0 atom stereocenters. The summed E-state index contributed by atoms with van der Waals surface area (Å²) in [7, 11) is 0. The van der Waals surface area contributed by atoms with E-state index in [1.54, 1.807) is 6.07 Å². The van der Waals surface area contributed by atoms with Crippen LogP contribution in [0.15, 0.2) is 152 Å². The van der Waals surface area contributed by atoms with Gasteiger partial charge in [0.15, 0.2) is 0 Å². The molecule has 0 bridgehead atoms. The second kappa shape index (κ2) is 12.3. The smallest absolute Gasteiger partial charge is 0.211 e. The van der Waals surface area contributed by atoms with Gasteiger partial charge in [-0.05, 0) is 59.7 Å². The SMILES string of the molecule is [B].[C-]#[N+]c1cccc(-c2ccc(C#N)c(-c3ccc4c(c3)c3ccccc3n4-c3ccccc3)c2C#N)c1-n1c2ccccc2c2ccccc21. The third-order valence-electron chi connectivity index (χ3n) is 9.64. The lowest BCUT2D eigenvalue weighted by Crippen LogP contribution is -2.00. The van der Waals surface area contributed by atoms with Crippen LogP contribution in [0.25, 0.3) is 82.1 Å². The Hall–Kier alpha value is -7.33. The van der Waals surface area contributed by atoms with Crippen LogP contribution in [-0.2, 0) is 0 Å². The number of nitriles is 2. The molecule has 0 amide bonds. The molecular weight excluding hydrogens is 621 g/mol. The summed E-state index contributed by atoms with van der Waals surface area (Å²) in [5, 5.41) is 25.6. The summed E-state index contributed by atoms with van der Waals surface area (Å²) in [4.78, 5) is 3.98. The van der Waals surface area contributed by atoms with Crippen molar-refractivity contribution >= 4 is 57.7 Å². The van der Waals surface area contributed by atoms with Crippen molar-refractivity contribution in [1.29, 1.82) is 10.5 Å². The highest BCUT2D eigenvalue weighted by atomic mass is 15.0. The Bertz CT molecular complexity index is 2910. The highest BCUT2D eigenvalue weighted by Crippen LogP contribution is 2.44. The number of hydrogen-bond donors (Lipinski definition) is 0. The van der Waals surface area contributed by atoms with Crippen molar-refractivity contribution in [2.24, 2.45) is 0 Å². The first-order chi connectivity index (χ1) is 24.7. The maximum absolute atomic E-state index is 10.9. The van der Waals surface area contributed by atoms with Crippen molar-refractivity contribution < 1.29 is 0 Å². The zero-order chi connectivity index (χ0) is 33.8. The van der Waals surface area contributed by atoms with Crippen LogP contribution < -0.4 is 0 Å². The lowest BCUT2D eigenvalue weighted by Gasteiger charge is -2.19. The van der Waals surface area contributed by atoms with Crippen molar-refractivity contribution in [3.63, 3.8) is 0 Å². The van der Waals surface area contributed by atoms with Crippen LogP contribution in [-0.4, -0.2) is 17.5 Å². The molecule has 5 nitrogen and oxygen atoms in total. The molecule has 51 heavy (non-hydrogen) atoms. The van der Waals surface area contributed by atoms with E-state index >= 15 is 0 Å². The molecule has 233 valence electrons. The monoisotopic (exact) mass is 646 g/mol. The van der Waals surface area contributed by atoms with Crippen molar-refractivity contribution in [2.75, 3.05) is 0 Å². The highest BCUT2D eigenvalue weighted by molar-refractivity contribution is 6.12. The predicted molar refractivity (Wildman–Crippen MR) is 207 cm³/mol. The first kappa shape index (κ1) is 31.0. The maximum Gasteiger partial charge on any atom is 0.211 e. The molecule has 0 saturated carbocycles. The number of hydrogen-bond acceptors (Lipinski definition) is 2. The van der Waals surface area contributed by atoms with E-state index in [0.717, 1.165) is 60.4 Å². The van der Waals surface area contributed by atoms with E-state index in [2.05, 4.69) is 86.8 Å². The molecule has 2 heterocycles. The fraction of sp³-hybridized carbons (Fsp3) is 0. The lowest BCUT2D eigenvalue weighted by molar-refractivity contribution is 1.18. The minimum Gasteiger partial charge on any atom is -0.318 e. The van der Waals surface area contributed by atoms with Gasteiger partial charge in [-0.25, -0.2) is 4.85 Å². The topological polar surface area (TPSA) is 61.8 Å². The van der Waals surface area contributed by atoms with Gasteiger partial charge in [-0.15, -0.1) is 0 Å². The van der Waals surface area contributed by atoms with E-state index in [9.17, 15) is 10.5 Å².